The first-order valence-corrected chi connectivity index (χ1v) is 8.62. The molecule has 0 aliphatic rings. The predicted molar refractivity (Wildman–Crippen MR) is 84.4 cm³/mol. The molecule has 0 aromatic carbocycles. The number of unbranched alkanes of at least 4 members (excludes halogenated alkanes) is 9. The normalized spacial score (nSPS) is 12.8. The van der Waals surface area contributed by atoms with Crippen LogP contribution in [-0.4, -0.2) is 12.0 Å². The summed E-state index contributed by atoms with van der Waals surface area (Å²) < 4.78 is 0. The molecule has 0 aliphatic heterocycles. The second-order valence-corrected chi connectivity index (χ2v) is 5.92. The fraction of sp³-hybridized carbons (Fsp3) is 1.00. The molecule has 0 spiro atoms. The summed E-state index contributed by atoms with van der Waals surface area (Å²) in [4.78, 5) is 0. The highest BCUT2D eigenvalue weighted by molar-refractivity contribution is 6.20. The van der Waals surface area contributed by atoms with E-state index in [1.165, 1.54) is 70.6 Å². The first kappa shape index (κ1) is 18.2. The van der Waals surface area contributed by atoms with Crippen LogP contribution >= 0.6 is 11.6 Å². The van der Waals surface area contributed by atoms with Crippen molar-refractivity contribution in [2.45, 2.75) is 96.4 Å². The van der Waals surface area contributed by atoms with E-state index in [9.17, 15) is 0 Å². The smallest absolute Gasteiger partial charge is 0.0825 e. The van der Waals surface area contributed by atoms with Gasteiger partial charge in [-0.05, 0) is 19.4 Å². The van der Waals surface area contributed by atoms with Gasteiger partial charge in [-0.1, -0.05) is 78.1 Å². The lowest BCUT2D eigenvalue weighted by Crippen LogP contribution is -2.24. The lowest BCUT2D eigenvalue weighted by molar-refractivity contribution is 0.528. The van der Waals surface area contributed by atoms with Gasteiger partial charge in [-0.3, -0.25) is 0 Å². The van der Waals surface area contributed by atoms with Gasteiger partial charge in [-0.15, -0.1) is 11.6 Å². The van der Waals surface area contributed by atoms with Gasteiger partial charge < -0.3 is 5.32 Å². The van der Waals surface area contributed by atoms with E-state index in [1.807, 2.05) is 0 Å². The zero-order valence-electron chi connectivity index (χ0n) is 12.6. The molecule has 0 bridgehead atoms. The van der Waals surface area contributed by atoms with Crippen molar-refractivity contribution in [2.24, 2.45) is 0 Å². The Labute approximate surface area is 120 Å². The van der Waals surface area contributed by atoms with Crippen molar-refractivity contribution in [1.82, 2.24) is 5.32 Å². The van der Waals surface area contributed by atoms with Crippen molar-refractivity contribution < 1.29 is 0 Å². The van der Waals surface area contributed by atoms with E-state index in [4.69, 9.17) is 11.6 Å². The topological polar surface area (TPSA) is 12.0 Å². The first-order valence-electron chi connectivity index (χ1n) is 8.18. The molecule has 0 amide bonds. The predicted octanol–water partition coefficient (Wildman–Crippen LogP) is 5.86. The molecule has 0 heterocycles. The molecule has 1 nitrogen and oxygen atoms in total. The van der Waals surface area contributed by atoms with Crippen LogP contribution in [0.3, 0.4) is 0 Å². The molecule has 0 aromatic rings. The van der Waals surface area contributed by atoms with Crippen molar-refractivity contribution in [2.75, 3.05) is 6.54 Å². The maximum absolute atomic E-state index is 6.09. The molecule has 0 fully saturated rings. The Balaban J connectivity index is 2.98. The monoisotopic (exact) mass is 275 g/mol. The van der Waals surface area contributed by atoms with Crippen LogP contribution < -0.4 is 5.32 Å². The fourth-order valence-corrected chi connectivity index (χ4v) is 2.55. The fourth-order valence-electron chi connectivity index (χ4n) is 2.23. The number of nitrogens with one attached hydrogen (secondary N) is 1. The number of hydrogen-bond acceptors (Lipinski definition) is 1. The molecule has 0 aromatic heterocycles. The molecule has 0 aliphatic carbocycles. The Kier molecular flexibility index (Phi) is 15.5. The summed E-state index contributed by atoms with van der Waals surface area (Å²) in [6.45, 7) is 5.54. The minimum Gasteiger partial charge on any atom is -0.301 e. The molecule has 0 radical (unpaired) electrons. The lowest BCUT2D eigenvalue weighted by Gasteiger charge is -2.10. The number of rotatable bonds is 14. The van der Waals surface area contributed by atoms with Gasteiger partial charge in [-0.2, -0.15) is 0 Å². The average molecular weight is 276 g/mol. The molecule has 18 heavy (non-hydrogen) atoms. The van der Waals surface area contributed by atoms with E-state index in [1.54, 1.807) is 0 Å². The molecule has 1 atom stereocenters. The Hall–Kier alpha value is 0.250. The van der Waals surface area contributed by atoms with E-state index in [0.717, 1.165) is 13.0 Å². The summed E-state index contributed by atoms with van der Waals surface area (Å²) >= 11 is 6.09. The molecular weight excluding hydrogens is 242 g/mol. The van der Waals surface area contributed by atoms with Crippen molar-refractivity contribution in [1.29, 1.82) is 0 Å². The summed E-state index contributed by atoms with van der Waals surface area (Å²) in [6.07, 6.45) is 16.2. The van der Waals surface area contributed by atoms with Crippen LogP contribution in [-0.2, 0) is 0 Å². The van der Waals surface area contributed by atoms with Crippen molar-refractivity contribution in [3.8, 4) is 0 Å². The summed E-state index contributed by atoms with van der Waals surface area (Å²) in [6, 6.07) is 0. The molecule has 0 saturated heterocycles. The maximum Gasteiger partial charge on any atom is 0.0825 e. The lowest BCUT2D eigenvalue weighted by atomic mass is 10.1. The highest BCUT2D eigenvalue weighted by Crippen LogP contribution is 2.10. The maximum atomic E-state index is 6.09. The Morgan fingerprint density at radius 2 is 1.22 bits per heavy atom. The highest BCUT2D eigenvalue weighted by Gasteiger charge is 2.00. The van der Waals surface area contributed by atoms with E-state index in [-0.39, 0.29) is 5.50 Å². The van der Waals surface area contributed by atoms with Gasteiger partial charge in [0.1, 0.15) is 0 Å². The Bertz CT molecular complexity index is 150. The van der Waals surface area contributed by atoms with Gasteiger partial charge in [-0.25, -0.2) is 0 Å². The quantitative estimate of drug-likeness (QED) is 0.238. The van der Waals surface area contributed by atoms with Crippen LogP contribution in [0.15, 0.2) is 0 Å². The Morgan fingerprint density at radius 1 is 0.722 bits per heavy atom. The van der Waals surface area contributed by atoms with Gasteiger partial charge in [0.15, 0.2) is 0 Å². The van der Waals surface area contributed by atoms with Gasteiger partial charge >= 0.3 is 0 Å². The summed E-state index contributed by atoms with van der Waals surface area (Å²) in [5.74, 6) is 0. The van der Waals surface area contributed by atoms with E-state index in [0.29, 0.717) is 0 Å². The number of alkyl halides is 1. The highest BCUT2D eigenvalue weighted by atomic mass is 35.5. The average Bonchev–Trinajstić information content (AvgIpc) is 2.36. The third kappa shape index (κ3) is 14.3. The second-order valence-electron chi connectivity index (χ2n) is 5.39. The summed E-state index contributed by atoms with van der Waals surface area (Å²) in [7, 11) is 0. The standard InChI is InChI=1S/C16H34ClN/c1-3-5-6-7-8-9-10-11-12-13-15-18-16(17)14-4-2/h16,18H,3-15H2,1-2H3. The minimum absolute atomic E-state index is 0.188. The number of halogens is 1. The Morgan fingerprint density at radius 3 is 1.72 bits per heavy atom. The van der Waals surface area contributed by atoms with Crippen molar-refractivity contribution >= 4 is 11.6 Å². The van der Waals surface area contributed by atoms with Gasteiger partial charge in [0.25, 0.3) is 0 Å². The van der Waals surface area contributed by atoms with Crippen molar-refractivity contribution in [3.05, 3.63) is 0 Å². The third-order valence-electron chi connectivity index (χ3n) is 3.44. The first-order chi connectivity index (χ1) is 8.81. The third-order valence-corrected chi connectivity index (χ3v) is 3.81. The molecule has 0 rings (SSSR count). The van der Waals surface area contributed by atoms with Gasteiger partial charge in [0.05, 0.1) is 5.50 Å². The van der Waals surface area contributed by atoms with E-state index >= 15 is 0 Å². The van der Waals surface area contributed by atoms with Gasteiger partial charge in [0, 0.05) is 0 Å². The zero-order chi connectivity index (χ0) is 13.5. The molecule has 1 unspecified atom stereocenters. The minimum atomic E-state index is 0.188. The number of hydrogen-bond donors (Lipinski definition) is 1. The summed E-state index contributed by atoms with van der Waals surface area (Å²) in [5, 5.41) is 3.37. The van der Waals surface area contributed by atoms with E-state index in [2.05, 4.69) is 19.2 Å². The van der Waals surface area contributed by atoms with Crippen LogP contribution in [0.25, 0.3) is 0 Å². The van der Waals surface area contributed by atoms with Gasteiger partial charge in [0.2, 0.25) is 0 Å². The van der Waals surface area contributed by atoms with Crippen LogP contribution in [0.4, 0.5) is 0 Å². The van der Waals surface area contributed by atoms with Crippen molar-refractivity contribution in [3.63, 3.8) is 0 Å². The van der Waals surface area contributed by atoms with Crippen LogP contribution in [0.1, 0.15) is 90.9 Å². The molecular formula is C16H34ClN. The van der Waals surface area contributed by atoms with Crippen LogP contribution in [0, 0.1) is 0 Å². The molecule has 1 N–H and O–H groups in total. The van der Waals surface area contributed by atoms with E-state index < -0.39 is 0 Å². The summed E-state index contributed by atoms with van der Waals surface area (Å²) in [5.41, 5.74) is 0.188. The molecule has 0 saturated carbocycles. The van der Waals surface area contributed by atoms with Crippen LogP contribution in [0.5, 0.6) is 0 Å². The zero-order valence-corrected chi connectivity index (χ0v) is 13.4. The molecule has 110 valence electrons. The largest absolute Gasteiger partial charge is 0.301 e. The SMILES string of the molecule is CCCCCCCCCCCCNC(Cl)CCC. The van der Waals surface area contributed by atoms with Crippen LogP contribution in [0.2, 0.25) is 0 Å². The molecule has 2 heteroatoms. The second kappa shape index (κ2) is 15.3.